The number of carboxylic acid groups (broad SMARTS) is 1. The van der Waals surface area contributed by atoms with E-state index in [4.69, 9.17) is 5.11 Å². The average molecular weight is 338 g/mol. The van der Waals surface area contributed by atoms with Crippen LogP contribution in [0, 0.1) is 0 Å². The Labute approximate surface area is 147 Å². The molecule has 0 bridgehead atoms. The van der Waals surface area contributed by atoms with E-state index in [1.165, 1.54) is 0 Å². The average Bonchev–Trinajstić information content (AvgIpc) is 3.15. The van der Waals surface area contributed by atoms with Gasteiger partial charge in [0, 0.05) is 6.54 Å². The summed E-state index contributed by atoms with van der Waals surface area (Å²) < 4.78 is 0. The summed E-state index contributed by atoms with van der Waals surface area (Å²) >= 11 is 0. The first-order chi connectivity index (χ1) is 12.1. The molecule has 0 aromatic heterocycles. The standard InChI is InChI=1S/C20H22N2O3/c23-19(21-14-15-8-10-17(11-9-15)20(24)25)18(22-12-4-5-13-22)16-6-2-1-3-7-16/h1-3,6-11,18H,4-5,12-14H2,(H,21,23)(H,24,25). The zero-order chi connectivity index (χ0) is 17.6. The number of nitrogens with zero attached hydrogens (tertiary/aromatic N) is 1. The number of hydrogen-bond acceptors (Lipinski definition) is 3. The van der Waals surface area contributed by atoms with Gasteiger partial charge in [-0.2, -0.15) is 0 Å². The van der Waals surface area contributed by atoms with Gasteiger partial charge in [-0.05, 0) is 49.2 Å². The molecule has 0 spiro atoms. The quantitative estimate of drug-likeness (QED) is 0.850. The molecule has 3 rings (SSSR count). The highest BCUT2D eigenvalue weighted by Crippen LogP contribution is 2.25. The van der Waals surface area contributed by atoms with Crippen LogP contribution < -0.4 is 5.32 Å². The van der Waals surface area contributed by atoms with Crippen molar-refractivity contribution in [2.75, 3.05) is 13.1 Å². The highest BCUT2D eigenvalue weighted by Gasteiger charge is 2.29. The van der Waals surface area contributed by atoms with Gasteiger partial charge >= 0.3 is 5.97 Å². The number of rotatable bonds is 6. The largest absolute Gasteiger partial charge is 0.478 e. The van der Waals surface area contributed by atoms with Crippen molar-refractivity contribution in [3.63, 3.8) is 0 Å². The number of benzene rings is 2. The molecule has 1 aliphatic rings. The summed E-state index contributed by atoms with van der Waals surface area (Å²) in [4.78, 5) is 25.9. The van der Waals surface area contributed by atoms with Crippen LogP contribution in [-0.2, 0) is 11.3 Å². The van der Waals surface area contributed by atoms with Crippen LogP contribution in [0.15, 0.2) is 54.6 Å². The van der Waals surface area contributed by atoms with Crippen LogP contribution in [0.1, 0.15) is 40.4 Å². The minimum absolute atomic E-state index is 0.0181. The smallest absolute Gasteiger partial charge is 0.335 e. The van der Waals surface area contributed by atoms with E-state index in [-0.39, 0.29) is 17.5 Å². The highest BCUT2D eigenvalue weighted by atomic mass is 16.4. The molecule has 1 saturated heterocycles. The second-order valence-electron chi connectivity index (χ2n) is 6.28. The maximum absolute atomic E-state index is 12.8. The molecule has 2 aromatic carbocycles. The molecule has 130 valence electrons. The van der Waals surface area contributed by atoms with E-state index in [1.807, 2.05) is 30.3 Å². The Morgan fingerprint density at radius 2 is 1.64 bits per heavy atom. The fourth-order valence-electron chi connectivity index (χ4n) is 3.21. The number of carboxylic acids is 1. The van der Waals surface area contributed by atoms with E-state index < -0.39 is 5.97 Å². The van der Waals surface area contributed by atoms with E-state index in [1.54, 1.807) is 24.3 Å². The number of hydrogen-bond donors (Lipinski definition) is 2. The lowest BCUT2D eigenvalue weighted by atomic mass is 10.0. The lowest BCUT2D eigenvalue weighted by molar-refractivity contribution is -0.126. The van der Waals surface area contributed by atoms with Crippen molar-refractivity contribution in [2.24, 2.45) is 0 Å². The van der Waals surface area contributed by atoms with Crippen molar-refractivity contribution in [1.82, 2.24) is 10.2 Å². The Morgan fingerprint density at radius 3 is 2.24 bits per heavy atom. The summed E-state index contributed by atoms with van der Waals surface area (Å²) in [6.45, 7) is 2.25. The summed E-state index contributed by atoms with van der Waals surface area (Å²) in [5.74, 6) is -0.968. The Bertz CT molecular complexity index is 722. The number of nitrogens with one attached hydrogen (secondary N) is 1. The minimum atomic E-state index is -0.950. The molecule has 1 heterocycles. The topological polar surface area (TPSA) is 69.6 Å². The zero-order valence-corrected chi connectivity index (χ0v) is 14.0. The van der Waals surface area contributed by atoms with Crippen molar-refractivity contribution in [3.05, 3.63) is 71.3 Å². The van der Waals surface area contributed by atoms with Crippen molar-refractivity contribution in [2.45, 2.75) is 25.4 Å². The van der Waals surface area contributed by atoms with E-state index in [9.17, 15) is 9.59 Å². The Morgan fingerprint density at radius 1 is 1.00 bits per heavy atom. The number of carbonyl (C=O) groups excluding carboxylic acids is 1. The van der Waals surface area contributed by atoms with Crippen LogP contribution in [0.5, 0.6) is 0 Å². The van der Waals surface area contributed by atoms with E-state index in [0.29, 0.717) is 6.54 Å². The maximum atomic E-state index is 12.8. The summed E-state index contributed by atoms with van der Waals surface area (Å²) in [6.07, 6.45) is 2.24. The van der Waals surface area contributed by atoms with Crippen LogP contribution in [0.3, 0.4) is 0 Å². The van der Waals surface area contributed by atoms with Gasteiger partial charge in [0.15, 0.2) is 0 Å². The van der Waals surface area contributed by atoms with Gasteiger partial charge in [0.05, 0.1) is 5.56 Å². The predicted molar refractivity (Wildman–Crippen MR) is 95.2 cm³/mol. The first-order valence-corrected chi connectivity index (χ1v) is 8.54. The van der Waals surface area contributed by atoms with Gasteiger partial charge in [0.25, 0.3) is 0 Å². The van der Waals surface area contributed by atoms with E-state index in [2.05, 4.69) is 10.2 Å². The molecule has 1 amide bonds. The van der Waals surface area contributed by atoms with E-state index in [0.717, 1.165) is 37.1 Å². The number of likely N-dealkylation sites (tertiary alicyclic amines) is 1. The van der Waals surface area contributed by atoms with Crippen molar-refractivity contribution in [1.29, 1.82) is 0 Å². The lowest BCUT2D eigenvalue weighted by Crippen LogP contribution is -2.39. The SMILES string of the molecule is O=C(O)c1ccc(CNC(=O)C(c2ccccc2)N2CCCC2)cc1. The predicted octanol–water partition coefficient (Wildman–Crippen LogP) is 2.84. The van der Waals surface area contributed by atoms with Crippen molar-refractivity contribution >= 4 is 11.9 Å². The van der Waals surface area contributed by atoms with Crippen LogP contribution in [-0.4, -0.2) is 35.0 Å². The first kappa shape index (κ1) is 17.2. The zero-order valence-electron chi connectivity index (χ0n) is 14.0. The maximum Gasteiger partial charge on any atom is 0.335 e. The van der Waals surface area contributed by atoms with Gasteiger partial charge in [-0.15, -0.1) is 0 Å². The molecule has 0 saturated carbocycles. The summed E-state index contributed by atoms with van der Waals surface area (Å²) in [6, 6.07) is 16.1. The molecule has 0 radical (unpaired) electrons. The third-order valence-electron chi connectivity index (χ3n) is 4.54. The lowest BCUT2D eigenvalue weighted by Gasteiger charge is -2.27. The Hall–Kier alpha value is -2.66. The second kappa shape index (κ2) is 7.94. The highest BCUT2D eigenvalue weighted by molar-refractivity contribution is 5.87. The van der Waals surface area contributed by atoms with E-state index >= 15 is 0 Å². The van der Waals surface area contributed by atoms with Crippen molar-refractivity contribution in [3.8, 4) is 0 Å². The molecule has 1 aliphatic heterocycles. The molecule has 25 heavy (non-hydrogen) atoms. The summed E-state index contributed by atoms with van der Waals surface area (Å²) in [5, 5.41) is 11.9. The number of amides is 1. The fourth-order valence-corrected chi connectivity index (χ4v) is 3.21. The molecule has 5 heteroatoms. The Balaban J connectivity index is 1.69. The molecule has 2 N–H and O–H groups in total. The van der Waals surface area contributed by atoms with Gasteiger partial charge in [0.1, 0.15) is 6.04 Å². The molecule has 5 nitrogen and oxygen atoms in total. The third-order valence-corrected chi connectivity index (χ3v) is 4.54. The molecule has 1 fully saturated rings. The van der Waals surface area contributed by atoms with Gasteiger partial charge in [-0.25, -0.2) is 4.79 Å². The molecule has 0 aliphatic carbocycles. The number of carbonyl (C=O) groups is 2. The van der Waals surface area contributed by atoms with Gasteiger partial charge < -0.3 is 10.4 Å². The molecule has 1 atom stereocenters. The monoisotopic (exact) mass is 338 g/mol. The molecule has 1 unspecified atom stereocenters. The van der Waals surface area contributed by atoms with Gasteiger partial charge in [-0.3, -0.25) is 9.69 Å². The second-order valence-corrected chi connectivity index (χ2v) is 6.28. The molecular weight excluding hydrogens is 316 g/mol. The number of aromatic carboxylic acids is 1. The van der Waals surface area contributed by atoms with Crippen LogP contribution in [0.25, 0.3) is 0 Å². The van der Waals surface area contributed by atoms with Gasteiger partial charge in [-0.1, -0.05) is 42.5 Å². The fraction of sp³-hybridized carbons (Fsp3) is 0.300. The van der Waals surface area contributed by atoms with Crippen LogP contribution in [0.4, 0.5) is 0 Å². The van der Waals surface area contributed by atoms with Crippen LogP contribution >= 0.6 is 0 Å². The summed E-state index contributed by atoms with van der Waals surface area (Å²) in [7, 11) is 0. The summed E-state index contributed by atoms with van der Waals surface area (Å²) in [5.41, 5.74) is 2.13. The van der Waals surface area contributed by atoms with Crippen LogP contribution in [0.2, 0.25) is 0 Å². The first-order valence-electron chi connectivity index (χ1n) is 8.54. The molecule has 2 aromatic rings. The van der Waals surface area contributed by atoms with Gasteiger partial charge in [0.2, 0.25) is 5.91 Å². The minimum Gasteiger partial charge on any atom is -0.478 e. The molecular formula is C20H22N2O3. The normalized spacial score (nSPS) is 15.7. The van der Waals surface area contributed by atoms with Crippen molar-refractivity contribution < 1.29 is 14.7 Å². The Kier molecular flexibility index (Phi) is 5.46. The third kappa shape index (κ3) is 4.25.